The Kier molecular flexibility index (Phi) is 37.9. The van der Waals surface area contributed by atoms with Crippen molar-refractivity contribution in [2.24, 2.45) is 57.8 Å². The van der Waals surface area contributed by atoms with Crippen LogP contribution in [0.5, 0.6) is 5.75 Å². The van der Waals surface area contributed by atoms with Crippen LogP contribution in [0.2, 0.25) is 0 Å². The number of para-hydroxylation sites is 1. The van der Waals surface area contributed by atoms with Crippen LogP contribution in [0.1, 0.15) is 192 Å². The highest BCUT2D eigenvalue weighted by atomic mass is 16.5. The number of phenols is 1. The van der Waals surface area contributed by atoms with E-state index >= 15 is 4.79 Å². The SMILES string of the molecule is CCCC[C@H](NC(=O)[C@H](CO)NC(=O)[C@H](Cc1ccc(O)cc1)NC(=O)CCNC(=O)COCCOCCNC(=O)CC[C@@H](C)[C@H]1CC[C@H]2[C@@H]3CC[C@@H]4C[C@H](O)CC[C@]4(C)[C@H]3CC[C@]12C)C(=O)N[C@H]1CCC(=O)NCCCC[C@@H](C(N)=O)NC(=O)[C@H](Cc2c[nH]c3ccccc23)NC(=O)[C@H](CCCNC(=N)N)NC(=O)[C@@H](Cc2ccccc2)NC(=O)[C@@H]2C[C@@H](O)CN2C1=O. The average molecular weight is 1800 g/mol. The van der Waals surface area contributed by atoms with E-state index in [-0.39, 0.29) is 152 Å². The summed E-state index contributed by atoms with van der Waals surface area (Å²) >= 11 is 0. The van der Waals surface area contributed by atoms with E-state index in [0.717, 1.165) is 59.2 Å². The van der Waals surface area contributed by atoms with Crippen molar-refractivity contribution in [1.29, 1.82) is 5.41 Å². The molecule has 4 saturated carbocycles. The van der Waals surface area contributed by atoms with Gasteiger partial charge in [0.2, 0.25) is 76.8 Å². The summed E-state index contributed by atoms with van der Waals surface area (Å²) in [6, 6.07) is 7.92. The van der Waals surface area contributed by atoms with E-state index in [0.29, 0.717) is 59.2 Å². The van der Waals surface area contributed by atoms with Crippen molar-refractivity contribution in [3.05, 3.63) is 102 Å². The van der Waals surface area contributed by atoms with Crippen molar-refractivity contribution in [2.45, 2.75) is 261 Å². The summed E-state index contributed by atoms with van der Waals surface area (Å²) in [7, 11) is 0. The number of primary amides is 1. The number of ether oxygens (including phenoxy) is 2. The Bertz CT molecular complexity index is 4480. The second-order valence-electron chi connectivity index (χ2n) is 36.6. The first kappa shape index (κ1) is 100. The van der Waals surface area contributed by atoms with Crippen LogP contribution in [0, 0.1) is 51.7 Å². The molecule has 0 radical (unpaired) electrons. The summed E-state index contributed by atoms with van der Waals surface area (Å²) in [6.45, 7) is 7.97. The molecule has 19 atom stereocenters. The number of aromatic amines is 1. The van der Waals surface area contributed by atoms with Crippen molar-refractivity contribution < 1.29 is 92.2 Å². The van der Waals surface area contributed by atoms with Crippen LogP contribution in [0.15, 0.2) is 85.1 Å². The molecule has 6 aliphatic rings. The number of nitrogens with two attached hydrogens (primary N) is 2. The quantitative estimate of drug-likeness (QED) is 0.0174. The number of nitrogens with zero attached hydrogens (tertiary/aromatic N) is 1. The van der Waals surface area contributed by atoms with E-state index in [1.165, 1.54) is 62.8 Å². The Hall–Kier alpha value is -10.8. The number of unbranched alkanes of at least 4 members (excludes halogenated alkanes) is 1. The number of carbonyl (C=O) groups excluding carboxylic acids is 13. The number of carbonyl (C=O) groups is 13. The minimum Gasteiger partial charge on any atom is -0.508 e. The molecule has 36 nitrogen and oxygen atoms in total. The molecule has 129 heavy (non-hydrogen) atoms. The molecule has 3 heterocycles. The molecule has 22 N–H and O–H groups in total. The van der Waals surface area contributed by atoms with Gasteiger partial charge in [-0.25, -0.2) is 0 Å². The number of nitrogens with one attached hydrogen (secondary N) is 14. The first-order chi connectivity index (χ1) is 61.8. The molecule has 4 aliphatic carbocycles. The smallest absolute Gasteiger partial charge is 0.246 e. The number of benzene rings is 3. The Morgan fingerprint density at radius 3 is 2.05 bits per heavy atom. The highest BCUT2D eigenvalue weighted by molar-refractivity contribution is 6.00. The lowest BCUT2D eigenvalue weighted by atomic mass is 9.44. The van der Waals surface area contributed by atoms with Crippen LogP contribution in [0.3, 0.4) is 0 Å². The zero-order chi connectivity index (χ0) is 92.9. The number of aliphatic hydroxyl groups is 3. The van der Waals surface area contributed by atoms with Crippen molar-refractivity contribution in [3.63, 3.8) is 0 Å². The highest BCUT2D eigenvalue weighted by Gasteiger charge is 2.61. The van der Waals surface area contributed by atoms with Gasteiger partial charge in [-0.3, -0.25) is 67.7 Å². The summed E-state index contributed by atoms with van der Waals surface area (Å²) in [6.07, 6.45) is 11.0. The first-order valence-corrected chi connectivity index (χ1v) is 46.2. The maximum atomic E-state index is 15.3. The Balaban J connectivity index is 0.732. The summed E-state index contributed by atoms with van der Waals surface area (Å²) < 4.78 is 11.2. The second kappa shape index (κ2) is 48.7. The van der Waals surface area contributed by atoms with E-state index < -0.39 is 157 Å². The molecule has 2 aliphatic heterocycles. The third kappa shape index (κ3) is 28.6. The van der Waals surface area contributed by atoms with Gasteiger partial charge in [0.25, 0.3) is 0 Å². The van der Waals surface area contributed by atoms with Gasteiger partial charge < -0.3 is 115 Å². The number of phenolic OH excluding ortho intramolecular Hbond substituents is 1. The number of hydrogen-bond acceptors (Lipinski definition) is 20. The lowest BCUT2D eigenvalue weighted by Gasteiger charge is -2.61. The zero-order valence-electron chi connectivity index (χ0n) is 74.9. The van der Waals surface area contributed by atoms with Crippen molar-refractivity contribution in [1.82, 2.24) is 73.7 Å². The molecule has 4 aromatic rings. The summed E-state index contributed by atoms with van der Waals surface area (Å²) in [5.74, 6) is -6.84. The van der Waals surface area contributed by atoms with Crippen LogP contribution in [0.4, 0.5) is 0 Å². The molecule has 0 bridgehead atoms. The number of aromatic nitrogens is 1. The van der Waals surface area contributed by atoms with Crippen molar-refractivity contribution in [2.75, 3.05) is 65.8 Å². The lowest BCUT2D eigenvalue weighted by molar-refractivity contribution is -0.143. The van der Waals surface area contributed by atoms with Gasteiger partial charge in [0.05, 0.1) is 38.6 Å². The molecule has 1 aromatic heterocycles. The van der Waals surface area contributed by atoms with E-state index in [1.807, 2.05) is 18.2 Å². The van der Waals surface area contributed by atoms with Gasteiger partial charge in [0, 0.05) is 94.8 Å². The maximum Gasteiger partial charge on any atom is 0.246 e. The Labute approximate surface area is 753 Å². The van der Waals surface area contributed by atoms with Gasteiger partial charge in [0.15, 0.2) is 5.96 Å². The molecule has 708 valence electrons. The van der Waals surface area contributed by atoms with Gasteiger partial charge in [-0.05, 0) is 190 Å². The van der Waals surface area contributed by atoms with Crippen LogP contribution in [0.25, 0.3) is 10.9 Å². The molecule has 3 aromatic carbocycles. The topological polar surface area (TPSA) is 561 Å². The molecule has 2 saturated heterocycles. The Morgan fingerprint density at radius 2 is 1.30 bits per heavy atom. The molecule has 36 heteroatoms. The van der Waals surface area contributed by atoms with Gasteiger partial charge in [-0.2, -0.15) is 0 Å². The number of amides is 13. The minimum atomic E-state index is -1.78. The average Bonchev–Trinajstić information content (AvgIpc) is 1.63. The monoisotopic (exact) mass is 1800 g/mol. The summed E-state index contributed by atoms with van der Waals surface area (Å²) in [5.41, 5.74) is 14.4. The van der Waals surface area contributed by atoms with Crippen molar-refractivity contribution in [3.8, 4) is 5.75 Å². The fourth-order valence-corrected chi connectivity index (χ4v) is 20.7. The van der Waals surface area contributed by atoms with Gasteiger partial charge in [-0.15, -0.1) is 0 Å². The molecule has 6 fully saturated rings. The van der Waals surface area contributed by atoms with Crippen LogP contribution in [-0.2, 0) is 91.1 Å². The minimum absolute atomic E-state index is 0.0111. The van der Waals surface area contributed by atoms with Gasteiger partial charge in [0.1, 0.15) is 66.7 Å². The fourth-order valence-electron chi connectivity index (χ4n) is 20.7. The third-order valence-corrected chi connectivity index (χ3v) is 27.7. The van der Waals surface area contributed by atoms with E-state index in [2.05, 4.69) is 89.6 Å². The lowest BCUT2D eigenvalue weighted by Crippen LogP contribution is -2.61. The molecule has 0 spiro atoms. The normalized spacial score (nSPS) is 27.0. The third-order valence-electron chi connectivity index (χ3n) is 27.7. The Morgan fingerprint density at radius 1 is 0.620 bits per heavy atom. The van der Waals surface area contributed by atoms with E-state index in [9.17, 15) is 78.0 Å². The number of fused-ring (bicyclic) bond motifs is 7. The summed E-state index contributed by atoms with van der Waals surface area (Å²) in [5, 5.41) is 83.5. The van der Waals surface area contributed by atoms with Crippen LogP contribution < -0.4 is 75.3 Å². The molecular weight excluding hydrogens is 1660 g/mol. The zero-order valence-corrected chi connectivity index (χ0v) is 74.9. The first-order valence-electron chi connectivity index (χ1n) is 46.2. The fraction of sp³-hybridized carbons (Fsp3) is 0.634. The van der Waals surface area contributed by atoms with E-state index in [1.54, 1.807) is 49.5 Å². The summed E-state index contributed by atoms with van der Waals surface area (Å²) in [4.78, 5) is 189. The highest BCUT2D eigenvalue weighted by Crippen LogP contribution is 2.68. The number of rotatable bonds is 37. The second-order valence-corrected chi connectivity index (χ2v) is 36.6. The molecular formula is C93H137N17O19. The number of aliphatic hydroxyl groups excluding tert-OH is 3. The number of hydrogen-bond donors (Lipinski definition) is 20. The number of aromatic hydroxyl groups is 1. The van der Waals surface area contributed by atoms with Gasteiger partial charge in [-0.1, -0.05) is 101 Å². The predicted molar refractivity (Wildman–Crippen MR) is 478 cm³/mol. The standard InChI is InChI=1S/C93H137N17O19/c1-5-6-18-70(105-88(125)76(53-111)109-85(122)73(47-57-23-26-60(112)27-24-57)102-80(117)36-41-98-81(118)54-129-45-44-128-43-42-99-78(115)32-22-55(2)65-29-30-66-64-28-25-59-49-61(113)34-37-92(59,3)67(64)35-38-93(65,66)4)83(120)106-72-31-33-79(116)97-39-13-12-20-69(82(94)119)103-87(124)75(48-58-51-101-68-19-11-10-17-63(58)68)107-84(121)71(21-14-40-100-91(95)96)104-86(123)74(46-56-15-8-7-9-16-56)108-89(126)77-50-62(114)52-110(77)90(72)127/h7-11,15-17,19,23-24,26-27,51,55,59,61-62,64-67,69-77,101,111-114H,5-6,12-14,18,20-22,25,28-50,52-54H2,1-4H3,(H2,94,119)(H,97,116)(H,98,118)(H,99,115)(H,102,117)(H,103,124)(H,104,123)(H,105,125)(H,106,120)(H,107,121)(H,108,126)(H,109,122)(H4,95,96,100)/t55-,59-,61-,62-,64+,65-,66+,67+,69+,70+,71+,72+,73+,74-,75+,76+,77+,92+,93-/m1/s1. The van der Waals surface area contributed by atoms with Gasteiger partial charge >= 0.3 is 0 Å². The van der Waals surface area contributed by atoms with Crippen molar-refractivity contribution >= 4 is 93.7 Å². The van der Waals surface area contributed by atoms with Crippen LogP contribution in [-0.4, -0.2) is 245 Å². The van der Waals surface area contributed by atoms with Crippen LogP contribution >= 0.6 is 0 Å². The molecule has 0 unspecified atom stereocenters. The predicted octanol–water partition coefficient (Wildman–Crippen LogP) is 1.84. The number of guanidine groups is 1. The largest absolute Gasteiger partial charge is 0.508 e. The maximum absolute atomic E-state index is 15.3. The molecule has 10 rings (SSSR count). The molecule has 13 amide bonds. The van der Waals surface area contributed by atoms with E-state index in [4.69, 9.17) is 26.4 Å². The number of H-pyrrole nitrogens is 1.